The van der Waals surface area contributed by atoms with Crippen LogP contribution in [0.3, 0.4) is 0 Å². The van der Waals surface area contributed by atoms with Gasteiger partial charge < -0.3 is 10.8 Å². The van der Waals surface area contributed by atoms with Gasteiger partial charge in [-0.3, -0.25) is 4.68 Å². The molecule has 1 atom stereocenters. The van der Waals surface area contributed by atoms with Crippen LogP contribution in [0.4, 0.5) is 10.1 Å². The maximum absolute atomic E-state index is 13.0. The first kappa shape index (κ1) is 10.6. The van der Waals surface area contributed by atoms with E-state index < -0.39 is 11.9 Å². The second-order valence-electron chi connectivity index (χ2n) is 3.59. The van der Waals surface area contributed by atoms with E-state index >= 15 is 0 Å². The van der Waals surface area contributed by atoms with E-state index in [1.165, 1.54) is 18.2 Å². The van der Waals surface area contributed by atoms with Crippen LogP contribution < -0.4 is 5.73 Å². The van der Waals surface area contributed by atoms with Crippen LogP contribution >= 0.6 is 0 Å². The molecule has 0 bridgehead atoms. The van der Waals surface area contributed by atoms with Crippen LogP contribution in [0.5, 0.6) is 0 Å². The SMILES string of the molecule is Cn1ccc(C(O)c2cc(F)ccc2N)n1. The van der Waals surface area contributed by atoms with Gasteiger partial charge in [-0.2, -0.15) is 5.10 Å². The molecule has 0 fully saturated rings. The summed E-state index contributed by atoms with van der Waals surface area (Å²) in [6.45, 7) is 0. The fourth-order valence-corrected chi connectivity index (χ4v) is 1.52. The zero-order chi connectivity index (χ0) is 11.7. The zero-order valence-corrected chi connectivity index (χ0v) is 8.76. The normalized spacial score (nSPS) is 12.7. The largest absolute Gasteiger partial charge is 0.398 e. The number of nitrogens with zero attached hydrogens (tertiary/aromatic N) is 2. The highest BCUT2D eigenvalue weighted by Gasteiger charge is 2.16. The standard InChI is InChI=1S/C11H12FN3O/c1-15-5-4-10(14-15)11(16)8-6-7(12)2-3-9(8)13/h2-6,11,16H,13H2,1H3. The van der Waals surface area contributed by atoms with Gasteiger partial charge in [0.25, 0.3) is 0 Å². The molecule has 1 aromatic carbocycles. The lowest BCUT2D eigenvalue weighted by molar-refractivity contribution is 0.214. The molecule has 16 heavy (non-hydrogen) atoms. The fraction of sp³-hybridized carbons (Fsp3) is 0.182. The van der Waals surface area contributed by atoms with Gasteiger partial charge in [-0.15, -0.1) is 0 Å². The highest BCUT2D eigenvalue weighted by atomic mass is 19.1. The van der Waals surface area contributed by atoms with Crippen molar-refractivity contribution < 1.29 is 9.50 Å². The molecule has 0 saturated carbocycles. The van der Waals surface area contributed by atoms with Gasteiger partial charge in [0.05, 0.1) is 5.69 Å². The molecule has 0 spiro atoms. The Morgan fingerprint density at radius 1 is 1.44 bits per heavy atom. The van der Waals surface area contributed by atoms with E-state index in [2.05, 4.69) is 5.10 Å². The van der Waals surface area contributed by atoms with E-state index in [1.807, 2.05) is 0 Å². The first-order chi connectivity index (χ1) is 7.58. The fourth-order valence-electron chi connectivity index (χ4n) is 1.52. The molecular formula is C11H12FN3O. The van der Waals surface area contributed by atoms with Crippen LogP contribution in [0.1, 0.15) is 17.4 Å². The number of halogens is 1. The summed E-state index contributed by atoms with van der Waals surface area (Å²) in [5, 5.41) is 14.0. The molecule has 3 N–H and O–H groups in total. The van der Waals surface area contributed by atoms with E-state index in [0.717, 1.165) is 0 Å². The number of rotatable bonds is 2. The van der Waals surface area contributed by atoms with Crippen LogP contribution in [-0.2, 0) is 7.05 Å². The minimum Gasteiger partial charge on any atom is -0.398 e. The summed E-state index contributed by atoms with van der Waals surface area (Å²) in [6.07, 6.45) is 0.700. The van der Waals surface area contributed by atoms with Gasteiger partial charge >= 0.3 is 0 Å². The molecule has 0 amide bonds. The Morgan fingerprint density at radius 2 is 2.19 bits per heavy atom. The second kappa shape index (κ2) is 3.94. The maximum atomic E-state index is 13.0. The van der Waals surface area contributed by atoms with Crippen molar-refractivity contribution in [1.29, 1.82) is 0 Å². The van der Waals surface area contributed by atoms with Crippen molar-refractivity contribution in [3.05, 3.63) is 47.5 Å². The summed E-state index contributed by atoms with van der Waals surface area (Å²) in [6, 6.07) is 5.56. The van der Waals surface area contributed by atoms with Crippen LogP contribution in [-0.4, -0.2) is 14.9 Å². The maximum Gasteiger partial charge on any atom is 0.125 e. The van der Waals surface area contributed by atoms with Gasteiger partial charge in [0.15, 0.2) is 0 Å². The smallest absolute Gasteiger partial charge is 0.125 e. The van der Waals surface area contributed by atoms with Crippen molar-refractivity contribution in [2.45, 2.75) is 6.10 Å². The monoisotopic (exact) mass is 221 g/mol. The highest BCUT2D eigenvalue weighted by Crippen LogP contribution is 2.25. The molecule has 4 nitrogen and oxygen atoms in total. The molecule has 2 rings (SSSR count). The summed E-state index contributed by atoms with van der Waals surface area (Å²) in [7, 11) is 1.74. The Kier molecular flexibility index (Phi) is 2.62. The molecule has 0 aliphatic rings. The Bertz CT molecular complexity index is 510. The van der Waals surface area contributed by atoms with Gasteiger partial charge in [0.1, 0.15) is 11.9 Å². The van der Waals surface area contributed by atoms with Gasteiger partial charge in [-0.1, -0.05) is 0 Å². The van der Waals surface area contributed by atoms with Crippen LogP contribution in [0.25, 0.3) is 0 Å². The molecule has 0 aliphatic carbocycles. The number of nitrogen functional groups attached to an aromatic ring is 1. The third kappa shape index (κ3) is 1.90. The van der Waals surface area contributed by atoms with Crippen LogP contribution in [0, 0.1) is 5.82 Å². The molecule has 1 aromatic heterocycles. The van der Waals surface area contributed by atoms with Gasteiger partial charge in [-0.25, -0.2) is 4.39 Å². The average molecular weight is 221 g/mol. The second-order valence-corrected chi connectivity index (χ2v) is 3.59. The molecule has 0 radical (unpaired) electrons. The molecule has 1 heterocycles. The van der Waals surface area contributed by atoms with E-state index in [0.29, 0.717) is 16.9 Å². The predicted molar refractivity (Wildman–Crippen MR) is 58.1 cm³/mol. The molecule has 84 valence electrons. The number of aliphatic hydroxyl groups is 1. The predicted octanol–water partition coefficient (Wildman–Crippen LogP) is 1.22. The minimum atomic E-state index is -1.00. The third-order valence-corrected chi connectivity index (χ3v) is 2.36. The Balaban J connectivity index is 2.40. The highest BCUT2D eigenvalue weighted by molar-refractivity contribution is 5.49. The number of aliphatic hydroxyl groups excluding tert-OH is 1. The number of aryl methyl sites for hydroxylation is 1. The number of benzene rings is 1. The molecule has 2 aromatic rings. The number of hydrogen-bond donors (Lipinski definition) is 2. The summed E-state index contributed by atoms with van der Waals surface area (Å²) in [4.78, 5) is 0. The van der Waals surface area contributed by atoms with Gasteiger partial charge in [-0.05, 0) is 24.3 Å². The third-order valence-electron chi connectivity index (χ3n) is 2.36. The van der Waals surface area contributed by atoms with Crippen LogP contribution in [0.15, 0.2) is 30.5 Å². The van der Waals surface area contributed by atoms with Crippen molar-refractivity contribution in [3.8, 4) is 0 Å². The van der Waals surface area contributed by atoms with E-state index in [9.17, 15) is 9.50 Å². The van der Waals surface area contributed by atoms with Gasteiger partial charge in [0.2, 0.25) is 0 Å². The zero-order valence-electron chi connectivity index (χ0n) is 8.76. The number of anilines is 1. The van der Waals surface area contributed by atoms with Crippen molar-refractivity contribution in [1.82, 2.24) is 9.78 Å². The summed E-state index contributed by atoms with van der Waals surface area (Å²) >= 11 is 0. The number of aromatic nitrogens is 2. The lowest BCUT2D eigenvalue weighted by Gasteiger charge is -2.11. The first-order valence-electron chi connectivity index (χ1n) is 4.80. The van der Waals surface area contributed by atoms with Crippen molar-refractivity contribution in [2.75, 3.05) is 5.73 Å². The van der Waals surface area contributed by atoms with Crippen molar-refractivity contribution in [3.63, 3.8) is 0 Å². The van der Waals surface area contributed by atoms with E-state index in [-0.39, 0.29) is 0 Å². The molecular weight excluding hydrogens is 209 g/mol. The number of hydrogen-bond acceptors (Lipinski definition) is 3. The molecule has 5 heteroatoms. The Hall–Kier alpha value is -1.88. The summed E-state index contributed by atoms with van der Waals surface area (Å²) < 4.78 is 14.6. The van der Waals surface area contributed by atoms with Crippen molar-refractivity contribution >= 4 is 5.69 Å². The van der Waals surface area contributed by atoms with Crippen molar-refractivity contribution in [2.24, 2.45) is 7.05 Å². The number of nitrogens with two attached hydrogens (primary N) is 1. The Morgan fingerprint density at radius 3 is 2.81 bits per heavy atom. The van der Waals surface area contributed by atoms with E-state index in [4.69, 9.17) is 5.73 Å². The summed E-state index contributed by atoms with van der Waals surface area (Å²) in [5.74, 6) is -0.431. The average Bonchev–Trinajstić information content (AvgIpc) is 2.67. The lowest BCUT2D eigenvalue weighted by atomic mass is 10.0. The minimum absolute atomic E-state index is 0.332. The molecule has 0 saturated heterocycles. The molecule has 0 aliphatic heterocycles. The quantitative estimate of drug-likeness (QED) is 0.749. The summed E-state index contributed by atoms with van der Waals surface area (Å²) in [5.41, 5.74) is 6.80. The topological polar surface area (TPSA) is 64.1 Å². The van der Waals surface area contributed by atoms with Crippen LogP contribution in [0.2, 0.25) is 0 Å². The lowest BCUT2D eigenvalue weighted by Crippen LogP contribution is -2.05. The first-order valence-corrected chi connectivity index (χ1v) is 4.80. The van der Waals surface area contributed by atoms with E-state index in [1.54, 1.807) is 24.0 Å². The Labute approximate surface area is 92.1 Å². The van der Waals surface area contributed by atoms with Gasteiger partial charge in [0, 0.05) is 24.5 Å². The molecule has 1 unspecified atom stereocenters.